The van der Waals surface area contributed by atoms with Crippen molar-refractivity contribution in [2.75, 3.05) is 23.9 Å². The molecular weight excluding hydrogens is 252 g/mol. The minimum atomic E-state index is -0.936. The van der Waals surface area contributed by atoms with E-state index in [-0.39, 0.29) is 17.6 Å². The Morgan fingerprint density at radius 2 is 2.17 bits per heavy atom. The van der Waals surface area contributed by atoms with E-state index in [0.29, 0.717) is 11.6 Å². The van der Waals surface area contributed by atoms with Gasteiger partial charge >= 0.3 is 0 Å². The van der Waals surface area contributed by atoms with Gasteiger partial charge in [0, 0.05) is 35.4 Å². The molecule has 7 heteroatoms. The van der Waals surface area contributed by atoms with E-state index in [2.05, 4.69) is 20.8 Å². The first-order chi connectivity index (χ1) is 8.52. The van der Waals surface area contributed by atoms with Crippen molar-refractivity contribution in [2.24, 2.45) is 0 Å². The third-order valence-corrected chi connectivity index (χ3v) is 3.09. The fourth-order valence-corrected chi connectivity index (χ4v) is 2.21. The monoisotopic (exact) mass is 270 g/mol. The van der Waals surface area contributed by atoms with Crippen molar-refractivity contribution in [1.29, 1.82) is 0 Å². The van der Waals surface area contributed by atoms with Crippen LogP contribution in [0.3, 0.4) is 0 Å². The van der Waals surface area contributed by atoms with Gasteiger partial charge in [0.15, 0.2) is 5.69 Å². The zero-order valence-corrected chi connectivity index (χ0v) is 11.6. The summed E-state index contributed by atoms with van der Waals surface area (Å²) in [5.74, 6) is 0.759. The van der Waals surface area contributed by atoms with Crippen LogP contribution >= 0.6 is 0 Å². The lowest BCUT2D eigenvalue weighted by Crippen LogP contribution is -2.36. The molecule has 0 aliphatic rings. The molecule has 18 heavy (non-hydrogen) atoms. The van der Waals surface area contributed by atoms with Crippen molar-refractivity contribution in [3.63, 3.8) is 0 Å². The van der Waals surface area contributed by atoms with Crippen molar-refractivity contribution < 1.29 is 9.00 Å². The third kappa shape index (κ3) is 4.79. The normalized spacial score (nSPS) is 13.7. The molecule has 0 saturated heterocycles. The van der Waals surface area contributed by atoms with Crippen LogP contribution in [-0.2, 0) is 10.8 Å². The predicted molar refractivity (Wildman–Crippen MR) is 72.1 cm³/mol. The van der Waals surface area contributed by atoms with E-state index >= 15 is 0 Å². The van der Waals surface area contributed by atoms with Gasteiger partial charge < -0.3 is 10.6 Å². The van der Waals surface area contributed by atoms with Gasteiger partial charge in [-0.1, -0.05) is 0 Å². The Bertz CT molecular complexity index is 422. The van der Waals surface area contributed by atoms with Gasteiger partial charge in [-0.3, -0.25) is 9.00 Å². The molecule has 0 spiro atoms. The average molecular weight is 270 g/mol. The Balaban J connectivity index is 2.58. The molecule has 0 aliphatic heterocycles. The summed E-state index contributed by atoms with van der Waals surface area (Å²) in [5.41, 5.74) is 0.255. The first-order valence-corrected chi connectivity index (χ1v) is 7.44. The highest BCUT2D eigenvalue weighted by Crippen LogP contribution is 2.01. The standard InChI is InChI=1S/C11H18N4O2S/c1-4-12-10-6-5-9(14-15-10)11(16)13-8(2)7-18(3)17/h5-6,8H,4,7H2,1-3H3,(H,12,15)(H,13,16). The number of rotatable bonds is 6. The lowest BCUT2D eigenvalue weighted by molar-refractivity contribution is 0.0937. The maximum absolute atomic E-state index is 11.8. The van der Waals surface area contributed by atoms with Crippen LogP contribution in [0.5, 0.6) is 0 Å². The second kappa shape index (κ2) is 7.05. The van der Waals surface area contributed by atoms with E-state index in [0.717, 1.165) is 6.54 Å². The molecule has 0 bridgehead atoms. The number of carbonyl (C=O) groups is 1. The molecule has 1 rings (SSSR count). The summed E-state index contributed by atoms with van der Waals surface area (Å²) in [6.45, 7) is 4.51. The van der Waals surface area contributed by atoms with Gasteiger partial charge in [-0.2, -0.15) is 0 Å². The number of amides is 1. The SMILES string of the molecule is CCNc1ccc(C(=O)NC(C)CS(C)=O)nn1. The van der Waals surface area contributed by atoms with E-state index in [9.17, 15) is 9.00 Å². The molecule has 0 radical (unpaired) electrons. The highest BCUT2D eigenvalue weighted by Gasteiger charge is 2.12. The Labute approximate surface area is 109 Å². The van der Waals surface area contributed by atoms with Crippen LogP contribution in [0.2, 0.25) is 0 Å². The summed E-state index contributed by atoms with van der Waals surface area (Å²) in [6, 6.07) is 3.16. The van der Waals surface area contributed by atoms with Crippen molar-refractivity contribution in [2.45, 2.75) is 19.9 Å². The molecule has 1 amide bonds. The topological polar surface area (TPSA) is 84.0 Å². The molecule has 2 N–H and O–H groups in total. The Kier molecular flexibility index (Phi) is 5.70. The van der Waals surface area contributed by atoms with Gasteiger partial charge in [0.1, 0.15) is 5.82 Å². The van der Waals surface area contributed by atoms with Gasteiger partial charge in [-0.05, 0) is 26.0 Å². The maximum Gasteiger partial charge on any atom is 0.272 e. The molecular formula is C11H18N4O2S. The molecule has 0 aromatic carbocycles. The second-order valence-corrected chi connectivity index (χ2v) is 5.43. The smallest absolute Gasteiger partial charge is 0.272 e. The van der Waals surface area contributed by atoms with Crippen molar-refractivity contribution in [1.82, 2.24) is 15.5 Å². The third-order valence-electron chi connectivity index (χ3n) is 2.12. The zero-order valence-electron chi connectivity index (χ0n) is 10.8. The molecule has 100 valence electrons. The molecule has 1 aromatic rings. The van der Waals surface area contributed by atoms with Crippen LogP contribution in [-0.4, -0.2) is 44.9 Å². The van der Waals surface area contributed by atoms with E-state index in [1.165, 1.54) is 0 Å². The van der Waals surface area contributed by atoms with Gasteiger partial charge in [0.25, 0.3) is 5.91 Å². The van der Waals surface area contributed by atoms with Gasteiger partial charge in [-0.25, -0.2) is 0 Å². The first-order valence-electron chi connectivity index (χ1n) is 5.71. The molecule has 1 heterocycles. The number of carbonyl (C=O) groups excluding carboxylic acids is 1. The Morgan fingerprint density at radius 3 is 2.67 bits per heavy atom. The van der Waals surface area contributed by atoms with E-state index in [4.69, 9.17) is 0 Å². The molecule has 0 saturated carbocycles. The summed E-state index contributed by atoms with van der Waals surface area (Å²) < 4.78 is 11.0. The minimum Gasteiger partial charge on any atom is -0.369 e. The largest absolute Gasteiger partial charge is 0.369 e. The Morgan fingerprint density at radius 1 is 1.44 bits per heavy atom. The van der Waals surface area contributed by atoms with Crippen LogP contribution < -0.4 is 10.6 Å². The fraction of sp³-hybridized carbons (Fsp3) is 0.545. The van der Waals surface area contributed by atoms with Gasteiger partial charge in [-0.15, -0.1) is 10.2 Å². The molecule has 6 nitrogen and oxygen atoms in total. The number of nitrogens with one attached hydrogen (secondary N) is 2. The average Bonchev–Trinajstić information content (AvgIpc) is 2.29. The second-order valence-electron chi connectivity index (χ2n) is 3.95. The van der Waals surface area contributed by atoms with E-state index < -0.39 is 10.8 Å². The number of anilines is 1. The van der Waals surface area contributed by atoms with Crippen LogP contribution in [0.15, 0.2) is 12.1 Å². The zero-order chi connectivity index (χ0) is 13.5. The fourth-order valence-electron chi connectivity index (χ4n) is 1.42. The number of hydrogen-bond donors (Lipinski definition) is 2. The number of aromatic nitrogens is 2. The highest BCUT2D eigenvalue weighted by atomic mass is 32.2. The summed E-state index contributed by atoms with van der Waals surface area (Å²) in [5, 5.41) is 13.4. The first kappa shape index (κ1) is 14.6. The molecule has 2 unspecified atom stereocenters. The number of hydrogen-bond acceptors (Lipinski definition) is 5. The minimum absolute atomic E-state index is 0.154. The Hall–Kier alpha value is -1.50. The molecule has 0 fully saturated rings. The quantitative estimate of drug-likeness (QED) is 0.782. The van der Waals surface area contributed by atoms with E-state index in [1.807, 2.05) is 6.92 Å². The van der Waals surface area contributed by atoms with Crippen molar-refractivity contribution in [3.05, 3.63) is 17.8 Å². The number of nitrogens with zero attached hydrogens (tertiary/aromatic N) is 2. The lowest BCUT2D eigenvalue weighted by atomic mass is 10.3. The summed E-state index contributed by atoms with van der Waals surface area (Å²) in [6.07, 6.45) is 1.60. The lowest BCUT2D eigenvalue weighted by Gasteiger charge is -2.11. The van der Waals surface area contributed by atoms with Crippen molar-refractivity contribution >= 4 is 22.5 Å². The summed E-state index contributed by atoms with van der Waals surface area (Å²) in [4.78, 5) is 11.8. The van der Waals surface area contributed by atoms with Crippen LogP contribution in [0.4, 0.5) is 5.82 Å². The predicted octanol–water partition coefficient (Wildman–Crippen LogP) is 0.405. The van der Waals surface area contributed by atoms with E-state index in [1.54, 1.807) is 25.3 Å². The molecule has 2 atom stereocenters. The molecule has 0 aliphatic carbocycles. The van der Waals surface area contributed by atoms with Crippen molar-refractivity contribution in [3.8, 4) is 0 Å². The highest BCUT2D eigenvalue weighted by molar-refractivity contribution is 7.84. The van der Waals surface area contributed by atoms with Crippen LogP contribution in [0.25, 0.3) is 0 Å². The summed E-state index contributed by atoms with van der Waals surface area (Å²) in [7, 11) is -0.936. The summed E-state index contributed by atoms with van der Waals surface area (Å²) >= 11 is 0. The van der Waals surface area contributed by atoms with Gasteiger partial charge in [0.2, 0.25) is 0 Å². The molecule has 1 aromatic heterocycles. The maximum atomic E-state index is 11.8. The van der Waals surface area contributed by atoms with Crippen LogP contribution in [0, 0.1) is 0 Å². The van der Waals surface area contributed by atoms with Crippen LogP contribution in [0.1, 0.15) is 24.3 Å². The van der Waals surface area contributed by atoms with Gasteiger partial charge in [0.05, 0.1) is 0 Å².